The molecule has 12 rings (SSSR count). The Morgan fingerprint density at radius 1 is 0.250 bits per heavy atom. The van der Waals surface area contributed by atoms with E-state index in [1.54, 1.807) is 38.5 Å². The van der Waals surface area contributed by atoms with Crippen molar-refractivity contribution in [3.8, 4) is 0 Å². The van der Waals surface area contributed by atoms with Crippen LogP contribution in [0.2, 0.25) is 0 Å². The number of rotatable bonds is 2. The van der Waals surface area contributed by atoms with Crippen LogP contribution >= 0.6 is 0 Å². The molecule has 0 nitrogen and oxygen atoms in total. The monoisotopic (exact) mass is 426 g/mol. The number of fused-ring (bicyclic) bond motifs is 21. The van der Waals surface area contributed by atoms with Crippen molar-refractivity contribution < 1.29 is 0 Å². The summed E-state index contributed by atoms with van der Waals surface area (Å²) >= 11 is 0. The molecule has 0 aromatic carbocycles. The Morgan fingerprint density at radius 2 is 0.500 bits per heavy atom. The predicted octanol–water partition coefficient (Wildman–Crippen LogP) is 6.32. The maximum atomic E-state index is 2.56. The first-order valence-electron chi connectivity index (χ1n) is 15.7. The molecule has 32 heavy (non-hydrogen) atoms. The van der Waals surface area contributed by atoms with E-state index in [2.05, 4.69) is 13.8 Å². The van der Waals surface area contributed by atoms with E-state index in [4.69, 9.17) is 0 Å². The molecule has 0 aromatic heterocycles. The molecule has 0 N–H and O–H groups in total. The summed E-state index contributed by atoms with van der Waals surface area (Å²) in [6.07, 6.45) is 10.1. The SMILES string of the molecule is CC1CC2C1C1C3CC(C4CC5C4C4C6CC(C7CC8C7C7C9CC(C)C9C87)C6C54)C3C21. The summed E-state index contributed by atoms with van der Waals surface area (Å²) in [5, 5.41) is 0. The Labute approximate surface area is 194 Å². The topological polar surface area (TPSA) is 0 Å². The molecule has 12 fully saturated rings. The maximum absolute atomic E-state index is 2.56. The molecule has 0 radical (unpaired) electrons. The molecular formula is C32H42. The van der Waals surface area contributed by atoms with Crippen LogP contribution in [0.15, 0.2) is 0 Å². The van der Waals surface area contributed by atoms with Gasteiger partial charge < -0.3 is 0 Å². The smallest absolute Gasteiger partial charge is 0.0315 e. The van der Waals surface area contributed by atoms with Gasteiger partial charge in [-0.15, -0.1) is 0 Å². The molecule has 0 aromatic rings. The Balaban J connectivity index is 0.730. The third-order valence-corrected chi connectivity index (χ3v) is 17.8. The highest BCUT2D eigenvalue weighted by atomic mass is 14.9. The van der Waals surface area contributed by atoms with E-state index in [1.807, 2.05) is 0 Å². The summed E-state index contributed by atoms with van der Waals surface area (Å²) in [7, 11) is 0. The van der Waals surface area contributed by atoms with E-state index in [0.29, 0.717) is 0 Å². The zero-order valence-corrected chi connectivity index (χ0v) is 20.1. The summed E-state index contributed by atoms with van der Waals surface area (Å²) in [4.78, 5) is 0. The fraction of sp³-hybridized carbons (Fsp3) is 1.00. The Kier molecular flexibility index (Phi) is 2.38. The Bertz CT molecular complexity index is 903. The molecule has 0 saturated heterocycles. The average molecular weight is 427 g/mol. The van der Waals surface area contributed by atoms with Crippen molar-refractivity contribution in [2.24, 2.45) is 142 Å². The van der Waals surface area contributed by atoms with E-state index in [1.165, 1.54) is 130 Å². The van der Waals surface area contributed by atoms with E-state index in [0.717, 1.165) is 11.8 Å². The van der Waals surface area contributed by atoms with Gasteiger partial charge in [0.15, 0.2) is 0 Å². The molecule has 12 aliphatic rings. The third kappa shape index (κ3) is 1.29. The van der Waals surface area contributed by atoms with Gasteiger partial charge in [-0.3, -0.25) is 0 Å². The van der Waals surface area contributed by atoms with Crippen LogP contribution < -0.4 is 0 Å². The van der Waals surface area contributed by atoms with Crippen molar-refractivity contribution in [3.63, 3.8) is 0 Å². The summed E-state index contributed by atoms with van der Waals surface area (Å²) in [5.74, 6) is 29.8. The predicted molar refractivity (Wildman–Crippen MR) is 123 cm³/mol. The lowest BCUT2D eigenvalue weighted by molar-refractivity contribution is -0.396. The maximum Gasteiger partial charge on any atom is -0.0315 e. The highest BCUT2D eigenvalue weighted by molar-refractivity contribution is 5.30. The Hall–Kier alpha value is 0. The van der Waals surface area contributed by atoms with Crippen LogP contribution in [-0.2, 0) is 0 Å². The molecule has 0 spiro atoms. The normalized spacial score (nSPS) is 85.7. The summed E-state index contributed by atoms with van der Waals surface area (Å²) < 4.78 is 0. The van der Waals surface area contributed by atoms with Gasteiger partial charge in [-0.05, 0) is 181 Å². The lowest BCUT2D eigenvalue weighted by Gasteiger charge is -2.87. The molecule has 0 amide bonds. The molecule has 170 valence electrons. The number of hydrogen-bond donors (Lipinski definition) is 0. The molecule has 0 heterocycles. The average Bonchev–Trinajstić information content (AvgIpc) is 2.70. The van der Waals surface area contributed by atoms with Crippen LogP contribution in [-0.4, -0.2) is 0 Å². The minimum absolute atomic E-state index is 1.11. The van der Waals surface area contributed by atoms with Crippen molar-refractivity contribution >= 4 is 0 Å². The summed E-state index contributed by atoms with van der Waals surface area (Å²) in [6.45, 7) is 5.13. The van der Waals surface area contributed by atoms with Gasteiger partial charge in [0.2, 0.25) is 0 Å². The number of hydrogen-bond acceptors (Lipinski definition) is 0. The minimum atomic E-state index is 1.11. The lowest BCUT2D eigenvalue weighted by atomic mass is 9.18. The van der Waals surface area contributed by atoms with Crippen LogP contribution in [0, 0.1) is 142 Å². The molecule has 0 aliphatic heterocycles. The minimum Gasteiger partial charge on any atom is -0.0622 e. The van der Waals surface area contributed by atoms with Crippen molar-refractivity contribution in [1.82, 2.24) is 0 Å². The largest absolute Gasteiger partial charge is 0.0622 e. The first-order chi connectivity index (χ1) is 15.7. The second-order valence-corrected chi connectivity index (χ2v) is 16.9. The van der Waals surface area contributed by atoms with Gasteiger partial charge in [0, 0.05) is 0 Å². The second-order valence-electron chi connectivity index (χ2n) is 16.9. The van der Waals surface area contributed by atoms with Crippen molar-refractivity contribution in [1.29, 1.82) is 0 Å². The van der Waals surface area contributed by atoms with E-state index >= 15 is 0 Å². The Morgan fingerprint density at radius 3 is 0.781 bits per heavy atom. The molecule has 12 saturated carbocycles. The first kappa shape index (κ1) is 16.6. The molecule has 0 bridgehead atoms. The summed E-state index contributed by atoms with van der Waals surface area (Å²) in [6, 6.07) is 0. The van der Waals surface area contributed by atoms with Crippen LogP contribution in [0.1, 0.15) is 52.4 Å². The van der Waals surface area contributed by atoms with Gasteiger partial charge in [0.05, 0.1) is 0 Å². The van der Waals surface area contributed by atoms with Gasteiger partial charge in [0.1, 0.15) is 0 Å². The molecule has 24 unspecified atom stereocenters. The lowest BCUT2D eigenvalue weighted by Crippen LogP contribution is -2.82. The zero-order chi connectivity index (χ0) is 20.1. The van der Waals surface area contributed by atoms with E-state index < -0.39 is 0 Å². The quantitative estimate of drug-likeness (QED) is 0.485. The van der Waals surface area contributed by atoms with Crippen LogP contribution in [0.3, 0.4) is 0 Å². The van der Waals surface area contributed by atoms with Gasteiger partial charge in [0.25, 0.3) is 0 Å². The summed E-state index contributed by atoms with van der Waals surface area (Å²) in [5.41, 5.74) is 0. The molecule has 24 atom stereocenters. The van der Waals surface area contributed by atoms with Crippen LogP contribution in [0.4, 0.5) is 0 Å². The van der Waals surface area contributed by atoms with E-state index in [9.17, 15) is 0 Å². The first-order valence-corrected chi connectivity index (χ1v) is 15.7. The fourth-order valence-corrected chi connectivity index (χ4v) is 17.0. The highest BCUT2D eigenvalue weighted by Crippen LogP contribution is 2.88. The van der Waals surface area contributed by atoms with Crippen molar-refractivity contribution in [2.75, 3.05) is 0 Å². The fourth-order valence-electron chi connectivity index (χ4n) is 17.0. The van der Waals surface area contributed by atoms with Crippen molar-refractivity contribution in [3.05, 3.63) is 0 Å². The van der Waals surface area contributed by atoms with Gasteiger partial charge in [-0.25, -0.2) is 0 Å². The molecule has 0 heteroatoms. The van der Waals surface area contributed by atoms with Gasteiger partial charge in [-0.2, -0.15) is 0 Å². The molecular weight excluding hydrogens is 384 g/mol. The zero-order valence-electron chi connectivity index (χ0n) is 20.1. The van der Waals surface area contributed by atoms with Crippen molar-refractivity contribution in [2.45, 2.75) is 52.4 Å². The van der Waals surface area contributed by atoms with E-state index in [-0.39, 0.29) is 0 Å². The second kappa shape index (κ2) is 4.59. The molecule has 12 aliphatic carbocycles. The van der Waals surface area contributed by atoms with Gasteiger partial charge >= 0.3 is 0 Å². The standard InChI is InChI=1S/C32H42/c1-9-3-15-21(9)27-17-5-11(23(17)29(15)27)13-7-19-25(13)31-20-8-14(26(20)32(19)31)12-6-18-24(12)30-16-4-10(2)22(16)28(18)30/h9-32H,3-8H2,1-2H3. The van der Waals surface area contributed by atoms with Crippen LogP contribution in [0.5, 0.6) is 0 Å². The third-order valence-electron chi connectivity index (χ3n) is 17.8. The van der Waals surface area contributed by atoms with Gasteiger partial charge in [-0.1, -0.05) is 13.8 Å². The van der Waals surface area contributed by atoms with Crippen LogP contribution in [0.25, 0.3) is 0 Å². The highest BCUT2D eigenvalue weighted by Gasteiger charge is 2.83.